The van der Waals surface area contributed by atoms with Crippen LogP contribution in [0, 0.1) is 0 Å². The van der Waals surface area contributed by atoms with E-state index in [1.54, 1.807) is 14.1 Å². The molecule has 0 bridgehead atoms. The minimum Gasteiger partial charge on any atom is -0.418 e. The number of hydrogen-bond acceptors (Lipinski definition) is 9. The van der Waals surface area contributed by atoms with Crippen LogP contribution in [0.2, 0.25) is 0 Å². The number of amides is 1. The predicted molar refractivity (Wildman–Crippen MR) is 238 cm³/mol. The second-order valence-corrected chi connectivity index (χ2v) is 12.8. The van der Waals surface area contributed by atoms with Gasteiger partial charge in [-0.15, -0.1) is 0 Å². The SMILES string of the molecule is C1=CC(=NCCc2ccccn2)C(=NCCc2ccccn2)C=C1.C1=CC(=NCCc2ccccn2)C(=NCCc2ccccn2)C=C1.CN(C)C=O.F[B-](F)(F)F.F[B-](F)(F)F.[Cu+].[Cu+]. The zero-order valence-corrected chi connectivity index (χ0v) is 37.2. The van der Waals surface area contributed by atoms with E-state index in [1.165, 1.54) is 4.90 Å². The molecule has 0 saturated carbocycles. The summed E-state index contributed by atoms with van der Waals surface area (Å²) in [5, 5.41) is 0. The first-order valence-electron chi connectivity index (χ1n) is 19.4. The molecule has 0 atom stereocenters. The fraction of sp³-hybridized carbons (Fsp3) is 0.233. The number of halogens is 8. The van der Waals surface area contributed by atoms with Crippen molar-refractivity contribution in [2.24, 2.45) is 20.0 Å². The molecule has 4 aromatic heterocycles. The number of rotatable bonds is 13. The molecule has 0 aliphatic heterocycles. The van der Waals surface area contributed by atoms with Crippen LogP contribution in [-0.4, -0.2) is 109 Å². The Morgan fingerprint density at radius 1 is 0.446 bits per heavy atom. The van der Waals surface area contributed by atoms with Crippen molar-refractivity contribution in [1.29, 1.82) is 0 Å². The quantitative estimate of drug-likeness (QED) is 0.0574. The van der Waals surface area contributed by atoms with E-state index >= 15 is 0 Å². The summed E-state index contributed by atoms with van der Waals surface area (Å²) in [6, 6.07) is 23.8. The zero-order chi connectivity index (χ0) is 46.2. The van der Waals surface area contributed by atoms with E-state index in [1.807, 2.05) is 146 Å². The summed E-state index contributed by atoms with van der Waals surface area (Å²) in [5.41, 5.74) is 8.00. The van der Waals surface area contributed by atoms with Crippen molar-refractivity contribution in [2.75, 3.05) is 40.3 Å². The Morgan fingerprint density at radius 3 is 0.800 bits per heavy atom. The molecule has 0 N–H and O–H groups in total. The standard InChI is InChI=1S/2C20H20N4.C3H7NO.2BF4.2Cu/c2*1-2-10-20(24-16-12-18-8-4-6-14-22-18)19(9-1)23-15-11-17-7-3-5-13-21-17;1-4(2)3-5;2*2-1(3,4)5;;/h2*1-10,13-14H,11-12,15-16H2;3H,1-2H3;;;;/q;;;2*-1;2*+1. The molecule has 0 spiro atoms. The van der Waals surface area contributed by atoms with Crippen molar-refractivity contribution in [3.8, 4) is 0 Å². The van der Waals surface area contributed by atoms with Crippen molar-refractivity contribution < 1.29 is 73.5 Å². The van der Waals surface area contributed by atoms with Crippen LogP contribution >= 0.6 is 0 Å². The van der Waals surface area contributed by atoms with Gasteiger partial charge in [0.25, 0.3) is 0 Å². The summed E-state index contributed by atoms with van der Waals surface area (Å²) >= 11 is 0. The van der Waals surface area contributed by atoms with Gasteiger partial charge in [-0.25, -0.2) is 0 Å². The summed E-state index contributed by atoms with van der Waals surface area (Å²) in [6.45, 7) is 2.85. The monoisotopic (exact) mass is 1010 g/mol. The fourth-order valence-electron chi connectivity index (χ4n) is 4.81. The molecule has 0 unspecified atom stereocenters. The number of carbonyl (C=O) groups excluding carboxylic acids is 1. The average molecular weight is 1010 g/mol. The molecule has 6 rings (SSSR count). The molecular weight excluding hydrogens is 959 g/mol. The van der Waals surface area contributed by atoms with Gasteiger partial charge in [-0.1, -0.05) is 48.6 Å². The Balaban J connectivity index is 0.000000940. The normalized spacial score (nSPS) is 14.8. The van der Waals surface area contributed by atoms with E-state index in [0.29, 0.717) is 26.2 Å². The summed E-state index contributed by atoms with van der Waals surface area (Å²) in [4.78, 5) is 46.9. The van der Waals surface area contributed by atoms with Crippen LogP contribution in [0.4, 0.5) is 34.5 Å². The van der Waals surface area contributed by atoms with E-state index in [4.69, 9.17) is 0 Å². The van der Waals surface area contributed by atoms with Gasteiger partial charge in [0.15, 0.2) is 0 Å². The molecule has 0 radical (unpaired) electrons. The Labute approximate surface area is 395 Å². The Morgan fingerprint density at radius 2 is 0.646 bits per heavy atom. The Bertz CT molecular complexity index is 1850. The maximum Gasteiger partial charge on any atom is 1.00 e. The summed E-state index contributed by atoms with van der Waals surface area (Å²) in [6.07, 6.45) is 27.4. The molecule has 354 valence electrons. The molecule has 1 amide bonds. The molecule has 0 saturated heterocycles. The molecule has 4 aromatic rings. The van der Waals surface area contributed by atoms with Crippen LogP contribution in [-0.2, 0) is 64.6 Å². The molecule has 22 heteroatoms. The second kappa shape index (κ2) is 34.7. The van der Waals surface area contributed by atoms with Gasteiger partial charge in [0.2, 0.25) is 6.41 Å². The van der Waals surface area contributed by atoms with Gasteiger partial charge in [0.1, 0.15) is 0 Å². The van der Waals surface area contributed by atoms with Gasteiger partial charge >= 0.3 is 48.6 Å². The topological polar surface area (TPSA) is 121 Å². The van der Waals surface area contributed by atoms with Crippen LogP contribution in [0.5, 0.6) is 0 Å². The van der Waals surface area contributed by atoms with Crippen molar-refractivity contribution >= 4 is 43.8 Å². The molecule has 0 aromatic carbocycles. The van der Waals surface area contributed by atoms with Crippen molar-refractivity contribution in [2.45, 2.75) is 25.7 Å². The molecule has 2 aliphatic rings. The maximum absolute atomic E-state index is 9.75. The van der Waals surface area contributed by atoms with Crippen molar-refractivity contribution in [3.63, 3.8) is 0 Å². The van der Waals surface area contributed by atoms with Crippen LogP contribution < -0.4 is 0 Å². The smallest absolute Gasteiger partial charge is 0.418 e. The van der Waals surface area contributed by atoms with Gasteiger partial charge in [-0.05, 0) is 72.8 Å². The minimum atomic E-state index is -6.00. The van der Waals surface area contributed by atoms with Gasteiger partial charge in [-0.3, -0.25) is 44.7 Å². The van der Waals surface area contributed by atoms with Crippen LogP contribution in [0.3, 0.4) is 0 Å². The third-order valence-corrected chi connectivity index (χ3v) is 7.48. The van der Waals surface area contributed by atoms with Gasteiger partial charge < -0.3 is 39.4 Å². The largest absolute Gasteiger partial charge is 1.00 e. The van der Waals surface area contributed by atoms with E-state index in [-0.39, 0.29) is 34.1 Å². The van der Waals surface area contributed by atoms with Gasteiger partial charge in [0.05, 0.1) is 22.8 Å². The van der Waals surface area contributed by atoms with E-state index in [9.17, 15) is 39.3 Å². The maximum atomic E-state index is 9.75. The van der Waals surface area contributed by atoms with E-state index in [0.717, 1.165) is 77.7 Å². The second-order valence-electron chi connectivity index (χ2n) is 12.8. The average Bonchev–Trinajstić information content (AvgIpc) is 3.25. The number of aliphatic imine (C=N–C) groups is 4. The third kappa shape index (κ3) is 33.5. The number of hydrogen-bond donors (Lipinski definition) is 0. The third-order valence-electron chi connectivity index (χ3n) is 7.48. The molecule has 0 fully saturated rings. The molecule has 4 heterocycles. The summed E-state index contributed by atoms with van der Waals surface area (Å²) < 4.78 is 78.0. The van der Waals surface area contributed by atoms with Crippen LogP contribution in [0.25, 0.3) is 0 Å². The number of allylic oxidation sites excluding steroid dienone is 8. The molecule has 2 aliphatic carbocycles. The van der Waals surface area contributed by atoms with Crippen molar-refractivity contribution in [1.82, 2.24) is 24.8 Å². The first-order valence-corrected chi connectivity index (χ1v) is 19.4. The van der Waals surface area contributed by atoms with Gasteiger partial charge in [-0.2, -0.15) is 0 Å². The Kier molecular flexibility index (Phi) is 31.7. The Hall–Kier alpha value is -5.68. The van der Waals surface area contributed by atoms with Gasteiger partial charge in [0, 0.05) is 114 Å². The summed E-state index contributed by atoms with van der Waals surface area (Å²) in [5.74, 6) is 0. The fourth-order valence-corrected chi connectivity index (χ4v) is 4.81. The van der Waals surface area contributed by atoms with Crippen LogP contribution in [0.15, 0.2) is 166 Å². The van der Waals surface area contributed by atoms with Crippen LogP contribution in [0.1, 0.15) is 22.8 Å². The van der Waals surface area contributed by atoms with Crippen molar-refractivity contribution in [3.05, 3.63) is 169 Å². The number of carbonyl (C=O) groups is 1. The zero-order valence-electron chi connectivity index (χ0n) is 35.3. The molecule has 65 heavy (non-hydrogen) atoms. The number of pyridine rings is 4. The van der Waals surface area contributed by atoms with E-state index in [2.05, 4.69) is 39.9 Å². The first-order chi connectivity index (χ1) is 30.1. The first kappa shape index (κ1) is 59.3. The molecule has 10 nitrogen and oxygen atoms in total. The number of nitrogens with zero attached hydrogens (tertiary/aromatic N) is 9. The van der Waals surface area contributed by atoms with E-state index < -0.39 is 14.5 Å². The predicted octanol–water partition coefficient (Wildman–Crippen LogP) is 8.84. The summed E-state index contributed by atoms with van der Waals surface area (Å²) in [7, 11) is -8.62. The molecular formula is C43H47B2Cu2F8N9O. The minimum absolute atomic E-state index is 0. The number of aromatic nitrogens is 4.